The summed E-state index contributed by atoms with van der Waals surface area (Å²) in [4.78, 5) is 4.19. The van der Waals surface area contributed by atoms with E-state index >= 15 is 0 Å². The van der Waals surface area contributed by atoms with Crippen molar-refractivity contribution in [2.24, 2.45) is 5.41 Å². The number of rotatable bonds is 3. The van der Waals surface area contributed by atoms with Gasteiger partial charge in [-0.2, -0.15) is 0 Å². The molecule has 1 aliphatic rings. The van der Waals surface area contributed by atoms with Gasteiger partial charge in [0.1, 0.15) is 0 Å². The van der Waals surface area contributed by atoms with Gasteiger partial charge < -0.3 is 4.74 Å². The summed E-state index contributed by atoms with van der Waals surface area (Å²) in [5.41, 5.74) is 1.44. The van der Waals surface area contributed by atoms with Crippen LogP contribution in [-0.2, 0) is 11.2 Å². The van der Waals surface area contributed by atoms with Gasteiger partial charge in [-0.15, -0.1) is 11.6 Å². The lowest BCUT2D eigenvalue weighted by Crippen LogP contribution is -2.33. The molecule has 0 amide bonds. The summed E-state index contributed by atoms with van der Waals surface area (Å²) in [5.74, 6) is 0.697. The van der Waals surface area contributed by atoms with Crippen LogP contribution in [-0.4, -0.2) is 24.1 Å². The van der Waals surface area contributed by atoms with Crippen LogP contribution in [0.1, 0.15) is 18.4 Å². The molecule has 0 saturated carbocycles. The topological polar surface area (TPSA) is 22.1 Å². The van der Waals surface area contributed by atoms with E-state index < -0.39 is 0 Å². The van der Waals surface area contributed by atoms with Crippen LogP contribution < -0.4 is 0 Å². The molecule has 0 unspecified atom stereocenters. The normalized spacial score (nSPS) is 19.6. The summed E-state index contributed by atoms with van der Waals surface area (Å²) in [5, 5.41) is 0. The van der Waals surface area contributed by atoms with Gasteiger partial charge in [0.15, 0.2) is 0 Å². The Morgan fingerprint density at radius 2 is 2.12 bits per heavy atom. The van der Waals surface area contributed by atoms with Crippen LogP contribution in [0.2, 0.25) is 0 Å². The Balaban J connectivity index is 2.11. The van der Waals surface area contributed by atoms with Crippen LogP contribution >= 0.6 is 27.5 Å². The third kappa shape index (κ3) is 2.96. The number of nitrogens with zero attached hydrogens (tertiary/aromatic N) is 1. The molecule has 1 aliphatic heterocycles. The smallest absolute Gasteiger partial charge is 0.0471 e. The van der Waals surface area contributed by atoms with Gasteiger partial charge in [-0.25, -0.2) is 0 Å². The van der Waals surface area contributed by atoms with E-state index in [4.69, 9.17) is 16.3 Å². The minimum absolute atomic E-state index is 0.197. The molecule has 2 heterocycles. The van der Waals surface area contributed by atoms with Gasteiger partial charge in [0.05, 0.1) is 0 Å². The summed E-state index contributed by atoms with van der Waals surface area (Å²) in [6.45, 7) is 1.66. The molecule has 1 saturated heterocycles. The van der Waals surface area contributed by atoms with Gasteiger partial charge in [0.25, 0.3) is 0 Å². The van der Waals surface area contributed by atoms with Crippen LogP contribution in [0.15, 0.2) is 22.9 Å². The number of hydrogen-bond donors (Lipinski definition) is 0. The highest BCUT2D eigenvalue weighted by Crippen LogP contribution is 2.35. The fourth-order valence-corrected chi connectivity index (χ4v) is 2.92. The van der Waals surface area contributed by atoms with Crippen molar-refractivity contribution in [1.82, 2.24) is 4.98 Å². The zero-order valence-electron chi connectivity index (χ0n) is 9.09. The molecule has 1 aromatic heterocycles. The number of halogens is 2. The fraction of sp³-hybridized carbons (Fsp3) is 0.583. The summed E-state index contributed by atoms with van der Waals surface area (Å²) < 4.78 is 6.43. The monoisotopic (exact) mass is 303 g/mol. The molecule has 88 valence electrons. The molecule has 0 spiro atoms. The molecule has 2 rings (SSSR count). The van der Waals surface area contributed by atoms with Crippen molar-refractivity contribution in [1.29, 1.82) is 0 Å². The van der Waals surface area contributed by atoms with Crippen LogP contribution in [0.5, 0.6) is 0 Å². The lowest BCUT2D eigenvalue weighted by atomic mass is 9.77. The first-order chi connectivity index (χ1) is 7.74. The van der Waals surface area contributed by atoms with Crippen molar-refractivity contribution in [2.75, 3.05) is 19.1 Å². The van der Waals surface area contributed by atoms with E-state index in [0.29, 0.717) is 5.88 Å². The van der Waals surface area contributed by atoms with Crippen molar-refractivity contribution in [3.63, 3.8) is 0 Å². The minimum Gasteiger partial charge on any atom is -0.381 e. The lowest BCUT2D eigenvalue weighted by Gasteiger charge is -2.35. The molecule has 0 N–H and O–H groups in total. The van der Waals surface area contributed by atoms with Gasteiger partial charge >= 0.3 is 0 Å². The maximum atomic E-state index is 6.14. The standard InChI is InChI=1S/C12H15BrClNO/c13-11-5-10(7-15-8-11)6-12(9-14)1-3-16-4-2-12/h5,7-8H,1-4,6,9H2. The maximum absolute atomic E-state index is 6.14. The van der Waals surface area contributed by atoms with E-state index in [1.54, 1.807) is 6.20 Å². The van der Waals surface area contributed by atoms with E-state index in [2.05, 4.69) is 27.0 Å². The Hall–Kier alpha value is -0.120. The van der Waals surface area contributed by atoms with Crippen molar-refractivity contribution in [3.05, 3.63) is 28.5 Å². The third-order valence-electron chi connectivity index (χ3n) is 3.18. The second-order valence-corrected chi connectivity index (χ2v) is 5.62. The Labute approximate surface area is 109 Å². The largest absolute Gasteiger partial charge is 0.381 e. The van der Waals surface area contributed by atoms with Crippen LogP contribution in [0.25, 0.3) is 0 Å². The van der Waals surface area contributed by atoms with Crippen LogP contribution in [0.3, 0.4) is 0 Å². The fourth-order valence-electron chi connectivity index (χ4n) is 2.15. The van der Waals surface area contributed by atoms with E-state index in [9.17, 15) is 0 Å². The van der Waals surface area contributed by atoms with Crippen LogP contribution in [0.4, 0.5) is 0 Å². The van der Waals surface area contributed by atoms with Crippen molar-refractivity contribution >= 4 is 27.5 Å². The average molecular weight is 305 g/mol. The van der Waals surface area contributed by atoms with Gasteiger partial charge in [-0.05, 0) is 52.2 Å². The first kappa shape index (κ1) is 12.3. The number of alkyl halides is 1. The predicted molar refractivity (Wildman–Crippen MR) is 68.8 cm³/mol. The van der Waals surface area contributed by atoms with Crippen LogP contribution in [0, 0.1) is 5.41 Å². The Morgan fingerprint density at radius 3 is 2.75 bits per heavy atom. The van der Waals surface area contributed by atoms with Crippen molar-refractivity contribution in [3.8, 4) is 0 Å². The van der Waals surface area contributed by atoms with E-state index in [1.807, 2.05) is 6.20 Å². The van der Waals surface area contributed by atoms with Crippen molar-refractivity contribution < 1.29 is 4.74 Å². The molecule has 0 atom stereocenters. The van der Waals surface area contributed by atoms with Gasteiger partial charge in [-0.1, -0.05) is 0 Å². The van der Waals surface area contributed by atoms with Gasteiger partial charge in [0.2, 0.25) is 0 Å². The Morgan fingerprint density at radius 1 is 1.38 bits per heavy atom. The van der Waals surface area contributed by atoms with Crippen molar-refractivity contribution in [2.45, 2.75) is 19.3 Å². The second kappa shape index (κ2) is 5.48. The minimum atomic E-state index is 0.197. The predicted octanol–water partition coefficient (Wildman–Crippen LogP) is 3.42. The molecule has 1 fully saturated rings. The molecule has 0 bridgehead atoms. The molecule has 1 aromatic rings. The van der Waals surface area contributed by atoms with E-state index in [-0.39, 0.29) is 5.41 Å². The Kier molecular flexibility index (Phi) is 4.22. The molecule has 0 aromatic carbocycles. The second-order valence-electron chi connectivity index (χ2n) is 4.43. The molecule has 4 heteroatoms. The van der Waals surface area contributed by atoms with Gasteiger partial charge in [0, 0.05) is 36.0 Å². The molecule has 0 radical (unpaired) electrons. The molecular weight excluding hydrogens is 289 g/mol. The summed E-state index contributed by atoms with van der Waals surface area (Å²) in [7, 11) is 0. The summed E-state index contributed by atoms with van der Waals surface area (Å²) in [6, 6.07) is 2.12. The van der Waals surface area contributed by atoms with E-state index in [0.717, 1.165) is 36.9 Å². The summed E-state index contributed by atoms with van der Waals surface area (Å²) in [6.07, 6.45) is 6.81. The average Bonchev–Trinajstić information content (AvgIpc) is 2.30. The number of aromatic nitrogens is 1. The molecule has 0 aliphatic carbocycles. The molecular formula is C12H15BrClNO. The highest BCUT2D eigenvalue weighted by molar-refractivity contribution is 9.10. The first-order valence-electron chi connectivity index (χ1n) is 5.47. The Bertz CT molecular complexity index is 353. The zero-order chi connectivity index (χ0) is 11.4. The highest BCUT2D eigenvalue weighted by atomic mass is 79.9. The number of ether oxygens (including phenoxy) is 1. The number of pyridine rings is 1. The SMILES string of the molecule is ClCC1(Cc2cncc(Br)c2)CCOCC1. The third-order valence-corrected chi connectivity index (χ3v) is 4.18. The maximum Gasteiger partial charge on any atom is 0.0471 e. The molecule has 2 nitrogen and oxygen atoms in total. The van der Waals surface area contributed by atoms with Gasteiger partial charge in [-0.3, -0.25) is 4.98 Å². The highest BCUT2D eigenvalue weighted by Gasteiger charge is 2.31. The quantitative estimate of drug-likeness (QED) is 0.798. The molecule has 16 heavy (non-hydrogen) atoms. The zero-order valence-corrected chi connectivity index (χ0v) is 11.4. The lowest BCUT2D eigenvalue weighted by molar-refractivity contribution is 0.0257. The van der Waals surface area contributed by atoms with E-state index in [1.165, 1.54) is 5.56 Å². The first-order valence-corrected chi connectivity index (χ1v) is 6.80. The summed E-state index contributed by atoms with van der Waals surface area (Å²) >= 11 is 9.59. The number of hydrogen-bond acceptors (Lipinski definition) is 2.